The molecule has 0 radical (unpaired) electrons. The van der Waals surface area contributed by atoms with Crippen LogP contribution in [0.4, 0.5) is 0 Å². The quantitative estimate of drug-likeness (QED) is 0.218. The Morgan fingerprint density at radius 3 is 2.05 bits per heavy atom. The molecule has 0 spiro atoms. The van der Waals surface area contributed by atoms with Crippen LogP contribution in [0.1, 0.15) is 24.6 Å². The summed E-state index contributed by atoms with van der Waals surface area (Å²) in [6.45, 7) is 4.52. The second-order valence-electron chi connectivity index (χ2n) is 11.0. The van der Waals surface area contributed by atoms with Crippen LogP contribution >= 0.6 is 0 Å². The molecule has 1 atom stereocenters. The molecule has 41 heavy (non-hydrogen) atoms. The van der Waals surface area contributed by atoms with Crippen LogP contribution < -0.4 is 0 Å². The van der Waals surface area contributed by atoms with E-state index in [4.69, 9.17) is 4.98 Å². The molecule has 2 aromatic heterocycles. The molecule has 198 valence electrons. The van der Waals surface area contributed by atoms with Crippen LogP contribution in [0.2, 0.25) is 0 Å². The number of pyridine rings is 1. The number of para-hydroxylation sites is 1. The Morgan fingerprint density at radius 2 is 1.32 bits per heavy atom. The highest BCUT2D eigenvalue weighted by Gasteiger charge is 2.19. The van der Waals surface area contributed by atoms with Crippen molar-refractivity contribution in [3.63, 3.8) is 0 Å². The number of aromatic nitrogens is 2. The van der Waals surface area contributed by atoms with Gasteiger partial charge in [-0.15, -0.1) is 0 Å². The summed E-state index contributed by atoms with van der Waals surface area (Å²) >= 11 is 0. The molecule has 0 aliphatic heterocycles. The summed E-state index contributed by atoms with van der Waals surface area (Å²) in [6.07, 6.45) is 8.10. The predicted octanol–water partition coefficient (Wildman–Crippen LogP) is 10.3. The molecule has 6 aromatic rings. The zero-order valence-electron chi connectivity index (χ0n) is 23.5. The zero-order valence-corrected chi connectivity index (χ0v) is 23.5. The maximum atomic E-state index is 5.18. The van der Waals surface area contributed by atoms with E-state index in [9.17, 15) is 0 Å². The van der Waals surface area contributed by atoms with E-state index in [2.05, 4.69) is 152 Å². The van der Waals surface area contributed by atoms with Crippen LogP contribution in [-0.4, -0.2) is 9.55 Å². The van der Waals surface area contributed by atoms with E-state index in [0.29, 0.717) is 5.92 Å². The number of hydrogen-bond acceptors (Lipinski definition) is 1. The molecule has 0 fully saturated rings. The number of nitrogens with zero attached hydrogens (tertiary/aromatic N) is 2. The van der Waals surface area contributed by atoms with Gasteiger partial charge in [0.25, 0.3) is 0 Å². The summed E-state index contributed by atoms with van der Waals surface area (Å²) < 4.78 is 2.40. The Kier molecular flexibility index (Phi) is 6.45. The first-order valence-corrected chi connectivity index (χ1v) is 14.4. The third-order valence-electron chi connectivity index (χ3n) is 8.12. The van der Waals surface area contributed by atoms with Crippen molar-refractivity contribution in [3.05, 3.63) is 151 Å². The average Bonchev–Trinajstić information content (AvgIpc) is 3.33. The lowest BCUT2D eigenvalue weighted by molar-refractivity contribution is 0.739. The molecule has 0 N–H and O–H groups in total. The second kappa shape index (κ2) is 10.6. The van der Waals surface area contributed by atoms with Crippen molar-refractivity contribution in [2.45, 2.75) is 20.3 Å². The van der Waals surface area contributed by atoms with E-state index in [1.54, 1.807) is 0 Å². The van der Waals surface area contributed by atoms with E-state index in [-0.39, 0.29) is 0 Å². The largest absolute Gasteiger partial charge is 0.313 e. The van der Waals surface area contributed by atoms with E-state index in [1.165, 1.54) is 33.3 Å². The maximum Gasteiger partial charge on any atom is 0.0716 e. The van der Waals surface area contributed by atoms with Gasteiger partial charge < -0.3 is 4.57 Å². The first-order chi connectivity index (χ1) is 20.2. The molecule has 4 aromatic carbocycles. The van der Waals surface area contributed by atoms with Crippen LogP contribution in [0, 0.1) is 12.8 Å². The molecule has 7 rings (SSSR count). The van der Waals surface area contributed by atoms with Gasteiger partial charge in [-0.25, -0.2) is 4.98 Å². The fourth-order valence-corrected chi connectivity index (χ4v) is 6.01. The summed E-state index contributed by atoms with van der Waals surface area (Å²) in [5, 5.41) is 1.29. The lowest BCUT2D eigenvalue weighted by Crippen LogP contribution is -1.99. The third-order valence-corrected chi connectivity index (χ3v) is 8.12. The molecule has 0 saturated heterocycles. The van der Waals surface area contributed by atoms with Gasteiger partial charge in [-0.3, -0.25) is 0 Å². The first kappa shape index (κ1) is 25.0. The topological polar surface area (TPSA) is 17.8 Å². The Labute approximate surface area is 242 Å². The van der Waals surface area contributed by atoms with Gasteiger partial charge >= 0.3 is 0 Å². The SMILES string of the molecule is Cc1c(C2=CCC(C)C=C2)c2ccccc2n1-c1cccc(-c2cc(-c3ccccc3)cc(-c3ccccc3)n2)c1. The third kappa shape index (κ3) is 4.72. The highest BCUT2D eigenvalue weighted by atomic mass is 15.0. The summed E-state index contributed by atoms with van der Waals surface area (Å²) in [5.41, 5.74) is 12.8. The Hall–Kier alpha value is -4.95. The van der Waals surface area contributed by atoms with Crippen molar-refractivity contribution in [2.75, 3.05) is 0 Å². The van der Waals surface area contributed by atoms with Crippen molar-refractivity contribution < 1.29 is 0 Å². The molecule has 1 unspecified atom stereocenters. The number of allylic oxidation sites excluding steroid dienone is 4. The number of rotatable bonds is 5. The molecule has 0 amide bonds. The minimum absolute atomic E-state index is 0.587. The van der Waals surface area contributed by atoms with Gasteiger partial charge in [0, 0.05) is 33.5 Å². The summed E-state index contributed by atoms with van der Waals surface area (Å²) in [6, 6.07) is 43.0. The van der Waals surface area contributed by atoms with Crippen molar-refractivity contribution >= 4 is 16.5 Å². The molecule has 0 saturated carbocycles. The van der Waals surface area contributed by atoms with Crippen LogP contribution in [-0.2, 0) is 0 Å². The van der Waals surface area contributed by atoms with E-state index < -0.39 is 0 Å². The van der Waals surface area contributed by atoms with E-state index in [0.717, 1.165) is 40.2 Å². The number of fused-ring (bicyclic) bond motifs is 1. The molecule has 2 heteroatoms. The van der Waals surface area contributed by atoms with Gasteiger partial charge in [0.05, 0.1) is 16.9 Å². The van der Waals surface area contributed by atoms with Crippen LogP contribution in [0.3, 0.4) is 0 Å². The molecule has 1 aliphatic carbocycles. The van der Waals surface area contributed by atoms with Crippen LogP contribution in [0.5, 0.6) is 0 Å². The summed E-state index contributed by atoms with van der Waals surface area (Å²) in [4.78, 5) is 5.18. The Balaban J connectivity index is 1.39. The normalized spacial score (nSPS) is 14.8. The van der Waals surface area contributed by atoms with Gasteiger partial charge in [0.2, 0.25) is 0 Å². The van der Waals surface area contributed by atoms with Gasteiger partial charge in [0.1, 0.15) is 0 Å². The average molecular weight is 529 g/mol. The first-order valence-electron chi connectivity index (χ1n) is 14.4. The van der Waals surface area contributed by atoms with Gasteiger partial charge in [-0.05, 0) is 66.3 Å². The van der Waals surface area contributed by atoms with Crippen molar-refractivity contribution in [3.8, 4) is 39.3 Å². The van der Waals surface area contributed by atoms with Crippen molar-refractivity contribution in [2.24, 2.45) is 5.92 Å². The molecule has 0 bridgehead atoms. The zero-order chi connectivity index (χ0) is 27.8. The summed E-state index contributed by atoms with van der Waals surface area (Å²) in [5.74, 6) is 0.587. The van der Waals surface area contributed by atoms with E-state index in [1.807, 2.05) is 6.07 Å². The second-order valence-corrected chi connectivity index (χ2v) is 11.0. The maximum absolute atomic E-state index is 5.18. The van der Waals surface area contributed by atoms with Gasteiger partial charge in [-0.2, -0.15) is 0 Å². The van der Waals surface area contributed by atoms with Crippen molar-refractivity contribution in [1.82, 2.24) is 9.55 Å². The standard InChI is InChI=1S/C39H32N2/c1-27-20-22-31(23-21-27)39-28(2)41(38-19-10-9-18-35(38)39)34-17-11-16-32(24-34)37-26-33(29-12-5-3-6-13-29)25-36(40-37)30-14-7-4-8-15-30/h3-20,22-27H,21H2,1-2H3. The van der Waals surface area contributed by atoms with Gasteiger partial charge in [-0.1, -0.05) is 116 Å². The molecular weight excluding hydrogens is 496 g/mol. The van der Waals surface area contributed by atoms with Crippen LogP contribution in [0.25, 0.3) is 55.8 Å². The minimum Gasteiger partial charge on any atom is -0.313 e. The predicted molar refractivity (Wildman–Crippen MR) is 173 cm³/mol. The molecule has 2 nitrogen and oxygen atoms in total. The molecular formula is C39H32N2. The Morgan fingerprint density at radius 1 is 0.659 bits per heavy atom. The Bertz CT molecular complexity index is 1870. The molecule has 1 aliphatic rings. The summed E-state index contributed by atoms with van der Waals surface area (Å²) in [7, 11) is 0. The van der Waals surface area contributed by atoms with Gasteiger partial charge in [0.15, 0.2) is 0 Å². The lowest BCUT2D eigenvalue weighted by Gasteiger charge is -2.14. The molecule has 2 heterocycles. The number of hydrogen-bond donors (Lipinski definition) is 0. The fourth-order valence-electron chi connectivity index (χ4n) is 6.01. The fraction of sp³-hybridized carbons (Fsp3) is 0.103. The monoisotopic (exact) mass is 528 g/mol. The lowest BCUT2D eigenvalue weighted by atomic mass is 9.93. The minimum atomic E-state index is 0.587. The van der Waals surface area contributed by atoms with Crippen LogP contribution in [0.15, 0.2) is 140 Å². The highest BCUT2D eigenvalue weighted by Crippen LogP contribution is 2.37. The smallest absolute Gasteiger partial charge is 0.0716 e. The van der Waals surface area contributed by atoms with E-state index >= 15 is 0 Å². The highest BCUT2D eigenvalue weighted by molar-refractivity contribution is 5.98. The van der Waals surface area contributed by atoms with Crippen molar-refractivity contribution in [1.29, 1.82) is 0 Å². The number of benzene rings is 4.